The molecule has 0 saturated heterocycles. The maximum Gasteiger partial charge on any atom is 0.269 e. The minimum Gasteiger partial charge on any atom is -0.345 e. The fourth-order valence-corrected chi connectivity index (χ4v) is 2.95. The van der Waals surface area contributed by atoms with Crippen molar-refractivity contribution in [2.45, 2.75) is 19.5 Å². The number of nitrogens with zero attached hydrogens (tertiary/aromatic N) is 3. The highest BCUT2D eigenvalue weighted by molar-refractivity contribution is 5.80. The van der Waals surface area contributed by atoms with Crippen molar-refractivity contribution in [2.24, 2.45) is 0 Å². The molecular formula is C19H17N5O2. The summed E-state index contributed by atoms with van der Waals surface area (Å²) in [6.07, 6.45) is 1.23. The van der Waals surface area contributed by atoms with Crippen molar-refractivity contribution >= 4 is 28.0 Å². The third-order valence-corrected chi connectivity index (χ3v) is 4.25. The summed E-state index contributed by atoms with van der Waals surface area (Å²) >= 11 is 0. The van der Waals surface area contributed by atoms with Crippen LogP contribution in [-0.4, -0.2) is 25.4 Å². The maximum atomic E-state index is 12.5. The van der Waals surface area contributed by atoms with E-state index in [9.17, 15) is 9.59 Å². The molecular weight excluding hydrogens is 330 g/mol. The number of hydrogen-bond acceptors (Lipinski definition) is 4. The van der Waals surface area contributed by atoms with Crippen molar-refractivity contribution in [1.29, 1.82) is 0 Å². The lowest BCUT2D eigenvalue weighted by atomic mass is 10.3. The zero-order chi connectivity index (χ0) is 18.1. The lowest BCUT2D eigenvalue weighted by Crippen LogP contribution is -2.34. The second kappa shape index (κ2) is 6.44. The van der Waals surface area contributed by atoms with Crippen molar-refractivity contribution in [1.82, 2.24) is 24.8 Å². The first-order valence-electron chi connectivity index (χ1n) is 8.30. The molecule has 0 aliphatic heterocycles. The summed E-state index contributed by atoms with van der Waals surface area (Å²) in [5, 5.41) is 2.88. The first kappa shape index (κ1) is 16.0. The lowest BCUT2D eigenvalue weighted by molar-refractivity contribution is -0.122. The number of H-pyrrole nitrogens is 1. The number of nitrogens with one attached hydrogen (secondary N) is 2. The van der Waals surface area contributed by atoms with Gasteiger partial charge in [-0.15, -0.1) is 0 Å². The van der Waals surface area contributed by atoms with E-state index in [4.69, 9.17) is 0 Å². The Bertz CT molecular complexity index is 1130. The van der Waals surface area contributed by atoms with Crippen molar-refractivity contribution in [3.8, 4) is 0 Å². The highest BCUT2D eigenvalue weighted by Crippen LogP contribution is 2.15. The fraction of sp³-hybridized carbons (Fsp3) is 0.158. The highest BCUT2D eigenvalue weighted by atomic mass is 16.2. The van der Waals surface area contributed by atoms with Gasteiger partial charge < -0.3 is 10.3 Å². The van der Waals surface area contributed by atoms with Gasteiger partial charge in [0, 0.05) is 0 Å². The number of para-hydroxylation sites is 4. The van der Waals surface area contributed by atoms with E-state index in [1.165, 1.54) is 10.8 Å². The van der Waals surface area contributed by atoms with E-state index in [2.05, 4.69) is 20.3 Å². The van der Waals surface area contributed by atoms with E-state index in [1.54, 1.807) is 12.1 Å². The Balaban J connectivity index is 1.55. The standard InChI is InChI=1S/C19H17N5O2/c1-12(19-22-13-6-2-3-7-14(13)23-19)21-17(25)11-24-16-9-5-4-8-15(16)20-10-18(24)26/h2-10,12H,11H2,1H3,(H,21,25)(H,22,23). The largest absolute Gasteiger partial charge is 0.345 e. The number of carbonyl (C=O) groups excluding carboxylic acids is 1. The van der Waals surface area contributed by atoms with Crippen molar-refractivity contribution < 1.29 is 4.79 Å². The van der Waals surface area contributed by atoms with Crippen LogP contribution >= 0.6 is 0 Å². The van der Waals surface area contributed by atoms with Crippen LogP contribution in [0.1, 0.15) is 18.8 Å². The molecule has 4 rings (SSSR count). The molecule has 1 atom stereocenters. The number of carbonyl (C=O) groups is 1. The van der Waals surface area contributed by atoms with E-state index in [0.717, 1.165) is 11.0 Å². The number of fused-ring (bicyclic) bond motifs is 2. The minimum atomic E-state index is -0.310. The van der Waals surface area contributed by atoms with E-state index in [-0.39, 0.29) is 24.1 Å². The van der Waals surface area contributed by atoms with Crippen molar-refractivity contribution in [2.75, 3.05) is 0 Å². The van der Waals surface area contributed by atoms with Gasteiger partial charge in [0.2, 0.25) is 5.91 Å². The molecule has 1 amide bonds. The van der Waals surface area contributed by atoms with Crippen LogP contribution in [0.5, 0.6) is 0 Å². The zero-order valence-corrected chi connectivity index (χ0v) is 14.1. The molecule has 7 heteroatoms. The number of benzene rings is 2. The molecule has 26 heavy (non-hydrogen) atoms. The molecule has 0 aliphatic carbocycles. The Morgan fingerprint density at radius 3 is 2.69 bits per heavy atom. The Kier molecular flexibility index (Phi) is 3.96. The van der Waals surface area contributed by atoms with Gasteiger partial charge in [0.05, 0.1) is 34.3 Å². The van der Waals surface area contributed by atoms with Gasteiger partial charge in [0.1, 0.15) is 12.4 Å². The Hall–Kier alpha value is -3.48. The third-order valence-electron chi connectivity index (χ3n) is 4.25. The summed E-state index contributed by atoms with van der Waals surface area (Å²) < 4.78 is 1.42. The molecule has 1 unspecified atom stereocenters. The summed E-state index contributed by atoms with van der Waals surface area (Å²) in [7, 11) is 0. The fourth-order valence-electron chi connectivity index (χ4n) is 2.95. The van der Waals surface area contributed by atoms with Crippen LogP contribution in [0.15, 0.2) is 59.5 Å². The van der Waals surface area contributed by atoms with Crippen LogP contribution in [-0.2, 0) is 11.3 Å². The molecule has 0 saturated carbocycles. The van der Waals surface area contributed by atoms with Gasteiger partial charge in [-0.2, -0.15) is 0 Å². The predicted molar refractivity (Wildman–Crippen MR) is 98.7 cm³/mol. The summed E-state index contributed by atoms with van der Waals surface area (Å²) in [6.45, 7) is 1.77. The zero-order valence-electron chi connectivity index (χ0n) is 14.1. The topological polar surface area (TPSA) is 92.7 Å². The van der Waals surface area contributed by atoms with E-state index < -0.39 is 0 Å². The smallest absolute Gasteiger partial charge is 0.269 e. The van der Waals surface area contributed by atoms with Gasteiger partial charge in [0.15, 0.2) is 0 Å². The van der Waals surface area contributed by atoms with Crippen molar-refractivity contribution in [3.63, 3.8) is 0 Å². The predicted octanol–water partition coefficient (Wildman–Crippen LogP) is 2.15. The normalized spacial score (nSPS) is 12.3. The van der Waals surface area contributed by atoms with Gasteiger partial charge in [0.25, 0.3) is 5.56 Å². The highest BCUT2D eigenvalue weighted by Gasteiger charge is 2.15. The van der Waals surface area contributed by atoms with Crippen LogP contribution in [0.2, 0.25) is 0 Å². The molecule has 0 radical (unpaired) electrons. The quantitative estimate of drug-likeness (QED) is 0.592. The average Bonchev–Trinajstić information content (AvgIpc) is 3.08. The number of aromatic nitrogens is 4. The van der Waals surface area contributed by atoms with Crippen LogP contribution in [0, 0.1) is 0 Å². The van der Waals surface area contributed by atoms with E-state index in [0.29, 0.717) is 16.9 Å². The summed E-state index contributed by atoms with van der Waals surface area (Å²) in [5.74, 6) is 0.405. The molecule has 4 aromatic rings. The molecule has 2 N–H and O–H groups in total. The molecule has 130 valence electrons. The first-order chi connectivity index (χ1) is 12.6. The van der Waals surface area contributed by atoms with Crippen LogP contribution < -0.4 is 10.9 Å². The molecule has 0 aliphatic rings. The van der Waals surface area contributed by atoms with Crippen molar-refractivity contribution in [3.05, 3.63) is 70.9 Å². The molecule has 0 spiro atoms. The average molecular weight is 347 g/mol. The molecule has 2 aromatic heterocycles. The first-order valence-corrected chi connectivity index (χ1v) is 8.30. The Morgan fingerprint density at radius 2 is 1.88 bits per heavy atom. The number of rotatable bonds is 4. The Labute approximate surface area is 148 Å². The Morgan fingerprint density at radius 1 is 1.15 bits per heavy atom. The van der Waals surface area contributed by atoms with E-state index in [1.807, 2.05) is 43.3 Å². The van der Waals surface area contributed by atoms with Crippen LogP contribution in [0.3, 0.4) is 0 Å². The second-order valence-corrected chi connectivity index (χ2v) is 6.10. The summed E-state index contributed by atoms with van der Waals surface area (Å²) in [5.41, 5.74) is 2.76. The number of amides is 1. The van der Waals surface area contributed by atoms with E-state index >= 15 is 0 Å². The maximum absolute atomic E-state index is 12.5. The molecule has 2 aromatic carbocycles. The molecule has 2 heterocycles. The van der Waals surface area contributed by atoms with Crippen LogP contribution in [0.25, 0.3) is 22.1 Å². The molecule has 0 bridgehead atoms. The minimum absolute atomic E-state index is 0.0769. The number of hydrogen-bond donors (Lipinski definition) is 2. The molecule has 7 nitrogen and oxygen atoms in total. The van der Waals surface area contributed by atoms with Gasteiger partial charge >= 0.3 is 0 Å². The van der Waals surface area contributed by atoms with Crippen LogP contribution in [0.4, 0.5) is 0 Å². The van der Waals surface area contributed by atoms with Gasteiger partial charge in [-0.05, 0) is 31.2 Å². The second-order valence-electron chi connectivity index (χ2n) is 6.10. The molecule has 0 fully saturated rings. The lowest BCUT2D eigenvalue weighted by Gasteiger charge is -2.13. The van der Waals surface area contributed by atoms with Gasteiger partial charge in [-0.1, -0.05) is 24.3 Å². The third kappa shape index (κ3) is 2.95. The number of imidazole rings is 1. The van der Waals surface area contributed by atoms with Gasteiger partial charge in [-0.25, -0.2) is 9.97 Å². The summed E-state index contributed by atoms with van der Waals surface area (Å²) in [4.78, 5) is 36.4. The van der Waals surface area contributed by atoms with Gasteiger partial charge in [-0.3, -0.25) is 14.2 Å². The monoisotopic (exact) mass is 347 g/mol. The SMILES string of the molecule is CC(NC(=O)Cn1c(=O)cnc2ccccc21)c1nc2ccccc2[nH]1. The summed E-state index contributed by atoms with van der Waals surface area (Å²) in [6, 6.07) is 14.6. The number of aromatic amines is 1.